The number of aryl methyl sites for hydroxylation is 2. The van der Waals surface area contributed by atoms with Crippen molar-refractivity contribution in [3.05, 3.63) is 15.6 Å². The first-order valence-electron chi connectivity index (χ1n) is 8.27. The number of aliphatic imine (C=N–C) groups is 1. The number of aromatic nitrogens is 1. The summed E-state index contributed by atoms with van der Waals surface area (Å²) in [4.78, 5) is 10.3. The highest BCUT2D eigenvalue weighted by Gasteiger charge is 2.45. The van der Waals surface area contributed by atoms with Crippen molar-refractivity contribution in [3.8, 4) is 0 Å². The lowest BCUT2D eigenvalue weighted by Gasteiger charge is -2.45. The van der Waals surface area contributed by atoms with E-state index in [1.807, 2.05) is 32.5 Å². The van der Waals surface area contributed by atoms with E-state index in [9.17, 15) is 5.11 Å². The summed E-state index contributed by atoms with van der Waals surface area (Å²) in [5.74, 6) is 1.81. The monoisotopic (exact) mass is 484 g/mol. The van der Waals surface area contributed by atoms with Gasteiger partial charge in [-0.3, -0.25) is 0 Å². The third kappa shape index (κ3) is 5.74. The SMILES string of the molecule is CCNC(=NCc1sc(C)nc1C)NCC1(O)CCC1SCC.I. The second-order valence-corrected chi connectivity index (χ2v) is 8.64. The van der Waals surface area contributed by atoms with Crippen molar-refractivity contribution < 1.29 is 5.11 Å². The summed E-state index contributed by atoms with van der Waals surface area (Å²) in [7, 11) is 0. The minimum Gasteiger partial charge on any atom is -0.387 e. The van der Waals surface area contributed by atoms with Crippen LogP contribution in [0, 0.1) is 13.8 Å². The minimum atomic E-state index is -0.603. The van der Waals surface area contributed by atoms with Gasteiger partial charge in [0.25, 0.3) is 0 Å². The summed E-state index contributed by atoms with van der Waals surface area (Å²) in [5, 5.41) is 18.7. The first-order chi connectivity index (χ1) is 11.0. The molecule has 0 aliphatic heterocycles. The molecular weight excluding hydrogens is 455 g/mol. The van der Waals surface area contributed by atoms with Gasteiger partial charge in [-0.2, -0.15) is 11.8 Å². The largest absolute Gasteiger partial charge is 0.387 e. The van der Waals surface area contributed by atoms with Gasteiger partial charge < -0.3 is 15.7 Å². The zero-order valence-corrected chi connectivity index (χ0v) is 18.8. The highest BCUT2D eigenvalue weighted by molar-refractivity contribution is 14.0. The Kier molecular flexibility index (Phi) is 9.32. The number of hydrogen-bond acceptors (Lipinski definition) is 5. The molecule has 1 aromatic heterocycles. The number of rotatable bonds is 7. The zero-order chi connectivity index (χ0) is 16.9. The summed E-state index contributed by atoms with van der Waals surface area (Å²) in [6, 6.07) is 0. The highest BCUT2D eigenvalue weighted by atomic mass is 127. The van der Waals surface area contributed by atoms with Crippen LogP contribution in [0.1, 0.15) is 42.3 Å². The molecule has 2 rings (SSSR count). The van der Waals surface area contributed by atoms with Crippen molar-refractivity contribution >= 4 is 53.0 Å². The Morgan fingerprint density at radius 1 is 1.42 bits per heavy atom. The van der Waals surface area contributed by atoms with Gasteiger partial charge >= 0.3 is 0 Å². The molecule has 2 atom stereocenters. The molecule has 2 unspecified atom stereocenters. The van der Waals surface area contributed by atoms with Gasteiger partial charge in [-0.15, -0.1) is 35.3 Å². The van der Waals surface area contributed by atoms with Gasteiger partial charge in [-0.1, -0.05) is 6.92 Å². The number of hydrogen-bond donors (Lipinski definition) is 3. The molecule has 3 N–H and O–H groups in total. The molecule has 1 aliphatic rings. The Morgan fingerprint density at radius 3 is 2.67 bits per heavy atom. The minimum absolute atomic E-state index is 0. The second-order valence-electron chi connectivity index (χ2n) is 5.88. The van der Waals surface area contributed by atoms with E-state index in [4.69, 9.17) is 0 Å². The molecule has 1 heterocycles. The average Bonchev–Trinajstić information content (AvgIpc) is 2.84. The van der Waals surface area contributed by atoms with E-state index in [1.165, 1.54) is 4.88 Å². The van der Waals surface area contributed by atoms with Crippen molar-refractivity contribution in [2.24, 2.45) is 4.99 Å². The maximum absolute atomic E-state index is 10.7. The van der Waals surface area contributed by atoms with Crippen LogP contribution in [0.2, 0.25) is 0 Å². The van der Waals surface area contributed by atoms with Crippen LogP contribution in [-0.2, 0) is 6.54 Å². The van der Waals surface area contributed by atoms with Gasteiger partial charge in [-0.25, -0.2) is 9.98 Å². The summed E-state index contributed by atoms with van der Waals surface area (Å²) >= 11 is 3.54. The molecule has 8 heteroatoms. The van der Waals surface area contributed by atoms with Crippen molar-refractivity contribution in [2.75, 3.05) is 18.8 Å². The first kappa shape index (κ1) is 22.0. The van der Waals surface area contributed by atoms with Crippen LogP contribution in [0.15, 0.2) is 4.99 Å². The second kappa shape index (κ2) is 10.2. The lowest BCUT2D eigenvalue weighted by Crippen LogP contribution is -2.58. The molecule has 1 saturated carbocycles. The Balaban J connectivity index is 0.00000288. The standard InChI is InChI=1S/C16H28N4OS2.HI/c1-5-17-15(18-9-13-11(3)20-12(4)23-13)19-10-16(21)8-7-14(16)22-6-2;/h14,21H,5-10H2,1-4H3,(H2,17,18,19);1H. The predicted molar refractivity (Wildman–Crippen MR) is 116 cm³/mol. The number of aliphatic hydroxyl groups is 1. The Morgan fingerprint density at radius 2 is 2.17 bits per heavy atom. The Labute approximate surface area is 170 Å². The maximum Gasteiger partial charge on any atom is 0.191 e. The van der Waals surface area contributed by atoms with E-state index in [0.29, 0.717) is 18.3 Å². The summed E-state index contributed by atoms with van der Waals surface area (Å²) in [6.45, 7) is 10.2. The van der Waals surface area contributed by atoms with Crippen molar-refractivity contribution in [3.63, 3.8) is 0 Å². The lowest BCUT2D eigenvalue weighted by molar-refractivity contribution is -0.0198. The Hall–Kier alpha value is -0.0600. The molecule has 0 aromatic carbocycles. The fourth-order valence-corrected chi connectivity index (χ4v) is 4.75. The average molecular weight is 484 g/mol. The quantitative estimate of drug-likeness (QED) is 0.315. The summed E-state index contributed by atoms with van der Waals surface area (Å²) in [5.41, 5.74) is 0.456. The number of thioether (sulfide) groups is 1. The van der Waals surface area contributed by atoms with Crippen LogP contribution in [0.25, 0.3) is 0 Å². The van der Waals surface area contributed by atoms with Crippen molar-refractivity contribution in [2.45, 2.75) is 57.9 Å². The molecule has 0 saturated heterocycles. The van der Waals surface area contributed by atoms with Crippen molar-refractivity contribution in [1.82, 2.24) is 15.6 Å². The smallest absolute Gasteiger partial charge is 0.191 e. The van der Waals surface area contributed by atoms with E-state index in [1.54, 1.807) is 11.3 Å². The topological polar surface area (TPSA) is 69.5 Å². The molecule has 0 radical (unpaired) electrons. The normalized spacial score (nSPS) is 23.4. The van der Waals surface area contributed by atoms with E-state index >= 15 is 0 Å². The third-order valence-electron chi connectivity index (χ3n) is 4.09. The molecule has 0 bridgehead atoms. The molecular formula is C16H29IN4OS2. The number of nitrogens with zero attached hydrogens (tertiary/aromatic N) is 2. The molecule has 0 spiro atoms. The number of guanidine groups is 1. The highest BCUT2D eigenvalue weighted by Crippen LogP contribution is 2.40. The fourth-order valence-electron chi connectivity index (χ4n) is 2.69. The van der Waals surface area contributed by atoms with E-state index in [0.717, 1.165) is 41.8 Å². The Bertz CT molecular complexity index is 552. The van der Waals surface area contributed by atoms with Crippen LogP contribution in [0.3, 0.4) is 0 Å². The third-order valence-corrected chi connectivity index (χ3v) is 6.56. The summed E-state index contributed by atoms with van der Waals surface area (Å²) < 4.78 is 0. The predicted octanol–water partition coefficient (Wildman–Crippen LogP) is 3.08. The molecule has 1 aliphatic carbocycles. The molecule has 0 amide bonds. The summed E-state index contributed by atoms with van der Waals surface area (Å²) in [6.07, 6.45) is 1.97. The van der Waals surface area contributed by atoms with Gasteiger partial charge in [0.05, 0.1) is 22.8 Å². The van der Waals surface area contributed by atoms with E-state index < -0.39 is 5.60 Å². The van der Waals surface area contributed by atoms with Crippen LogP contribution in [-0.4, -0.2) is 45.7 Å². The number of halogens is 1. The van der Waals surface area contributed by atoms with Gasteiger partial charge in [0.15, 0.2) is 5.96 Å². The number of thiazole rings is 1. The number of nitrogens with one attached hydrogen (secondary N) is 2. The van der Waals surface area contributed by atoms with E-state index in [2.05, 4.69) is 27.5 Å². The van der Waals surface area contributed by atoms with Gasteiger partial charge in [0.2, 0.25) is 0 Å². The van der Waals surface area contributed by atoms with E-state index in [-0.39, 0.29) is 24.0 Å². The zero-order valence-electron chi connectivity index (χ0n) is 14.9. The molecule has 24 heavy (non-hydrogen) atoms. The molecule has 138 valence electrons. The van der Waals surface area contributed by atoms with Crippen LogP contribution >= 0.6 is 47.1 Å². The van der Waals surface area contributed by atoms with Crippen LogP contribution in [0.5, 0.6) is 0 Å². The van der Waals surface area contributed by atoms with Gasteiger partial charge in [-0.05, 0) is 39.4 Å². The van der Waals surface area contributed by atoms with Crippen LogP contribution in [0.4, 0.5) is 0 Å². The molecule has 5 nitrogen and oxygen atoms in total. The lowest BCUT2D eigenvalue weighted by atomic mass is 9.79. The first-order valence-corrected chi connectivity index (χ1v) is 10.1. The fraction of sp³-hybridized carbons (Fsp3) is 0.750. The molecule has 1 fully saturated rings. The van der Waals surface area contributed by atoms with Gasteiger partial charge in [0, 0.05) is 23.2 Å². The van der Waals surface area contributed by atoms with Crippen molar-refractivity contribution in [1.29, 1.82) is 0 Å². The van der Waals surface area contributed by atoms with Crippen LogP contribution < -0.4 is 10.6 Å². The van der Waals surface area contributed by atoms with Gasteiger partial charge in [0.1, 0.15) is 0 Å². The maximum atomic E-state index is 10.7. The molecule has 1 aromatic rings.